The number of hydrogen-bond acceptors (Lipinski definition) is 3. The number of benzene rings is 1. The quantitative estimate of drug-likeness (QED) is 0.774. The molecule has 0 unspecified atom stereocenters. The molecule has 1 aromatic carbocycles. The van der Waals surface area contributed by atoms with Crippen LogP contribution >= 0.6 is 0 Å². The lowest BCUT2D eigenvalue weighted by Gasteiger charge is -2.26. The molecule has 2 rings (SSSR count). The molecule has 1 saturated heterocycles. The number of piperidine rings is 1. The van der Waals surface area contributed by atoms with Crippen LogP contribution in [0.4, 0.5) is 0 Å². The summed E-state index contributed by atoms with van der Waals surface area (Å²) in [5.74, 6) is 1.02. The Labute approximate surface area is 123 Å². The second-order valence-corrected chi connectivity index (χ2v) is 5.66. The van der Waals surface area contributed by atoms with Crippen LogP contribution < -0.4 is 10.1 Å². The summed E-state index contributed by atoms with van der Waals surface area (Å²) in [5, 5.41) is 3.44. The molecule has 0 saturated carbocycles. The second kappa shape index (κ2) is 8.28. The van der Waals surface area contributed by atoms with Crippen LogP contribution in [0.2, 0.25) is 0 Å². The summed E-state index contributed by atoms with van der Waals surface area (Å²) in [7, 11) is 1.77. The van der Waals surface area contributed by atoms with Crippen LogP contribution in [0.3, 0.4) is 0 Å². The van der Waals surface area contributed by atoms with Crippen molar-refractivity contribution in [2.24, 2.45) is 0 Å². The Balaban J connectivity index is 1.96. The number of hydrogen-bond donors (Lipinski definition) is 1. The van der Waals surface area contributed by atoms with Crippen LogP contribution in [-0.4, -0.2) is 31.6 Å². The normalized spacial score (nSPS) is 16.3. The molecule has 1 heterocycles. The van der Waals surface area contributed by atoms with E-state index in [0.29, 0.717) is 0 Å². The Hall–Kier alpha value is -1.06. The van der Waals surface area contributed by atoms with E-state index in [1.54, 1.807) is 7.11 Å². The van der Waals surface area contributed by atoms with Crippen molar-refractivity contribution in [1.82, 2.24) is 10.2 Å². The number of methoxy groups -OCH3 is 1. The fraction of sp³-hybridized carbons (Fsp3) is 0.647. The largest absolute Gasteiger partial charge is 0.496 e. The fourth-order valence-electron chi connectivity index (χ4n) is 2.81. The smallest absolute Gasteiger partial charge is 0.123 e. The molecule has 20 heavy (non-hydrogen) atoms. The van der Waals surface area contributed by atoms with E-state index in [0.717, 1.165) is 31.8 Å². The van der Waals surface area contributed by atoms with Crippen molar-refractivity contribution in [3.63, 3.8) is 0 Å². The molecule has 0 radical (unpaired) electrons. The fourth-order valence-corrected chi connectivity index (χ4v) is 2.81. The van der Waals surface area contributed by atoms with Crippen LogP contribution in [0, 0.1) is 0 Å². The van der Waals surface area contributed by atoms with Gasteiger partial charge in [0, 0.05) is 18.7 Å². The van der Waals surface area contributed by atoms with Crippen molar-refractivity contribution in [3.8, 4) is 5.75 Å². The van der Waals surface area contributed by atoms with Crippen molar-refractivity contribution in [3.05, 3.63) is 29.3 Å². The van der Waals surface area contributed by atoms with Crippen LogP contribution in [-0.2, 0) is 13.1 Å². The molecule has 112 valence electrons. The summed E-state index contributed by atoms with van der Waals surface area (Å²) >= 11 is 0. The number of ether oxygens (including phenoxy) is 1. The first-order chi connectivity index (χ1) is 9.83. The number of nitrogens with one attached hydrogen (secondary N) is 1. The Morgan fingerprint density at radius 2 is 2.00 bits per heavy atom. The van der Waals surface area contributed by atoms with Gasteiger partial charge in [0.1, 0.15) is 5.75 Å². The molecular formula is C17H28N2O. The van der Waals surface area contributed by atoms with Crippen molar-refractivity contribution >= 4 is 0 Å². The third kappa shape index (κ3) is 4.50. The van der Waals surface area contributed by atoms with Gasteiger partial charge in [-0.15, -0.1) is 0 Å². The summed E-state index contributed by atoms with van der Waals surface area (Å²) in [4.78, 5) is 2.55. The Morgan fingerprint density at radius 1 is 1.20 bits per heavy atom. The van der Waals surface area contributed by atoms with Gasteiger partial charge in [0.25, 0.3) is 0 Å². The monoisotopic (exact) mass is 276 g/mol. The second-order valence-electron chi connectivity index (χ2n) is 5.66. The maximum atomic E-state index is 5.55. The molecule has 0 aromatic heterocycles. The van der Waals surface area contributed by atoms with Gasteiger partial charge in [0.15, 0.2) is 0 Å². The Morgan fingerprint density at radius 3 is 2.70 bits per heavy atom. The van der Waals surface area contributed by atoms with E-state index in [1.165, 1.54) is 43.5 Å². The molecule has 3 nitrogen and oxygen atoms in total. The third-order valence-electron chi connectivity index (χ3n) is 3.95. The van der Waals surface area contributed by atoms with Gasteiger partial charge in [-0.1, -0.05) is 25.5 Å². The zero-order chi connectivity index (χ0) is 14.2. The topological polar surface area (TPSA) is 24.5 Å². The van der Waals surface area contributed by atoms with E-state index in [1.807, 2.05) is 0 Å². The highest BCUT2D eigenvalue weighted by molar-refractivity contribution is 5.37. The molecule has 1 aliphatic rings. The number of rotatable bonds is 7. The minimum atomic E-state index is 0.890. The summed E-state index contributed by atoms with van der Waals surface area (Å²) < 4.78 is 5.55. The summed E-state index contributed by atoms with van der Waals surface area (Å²) in [6.45, 7) is 7.66. The van der Waals surface area contributed by atoms with Gasteiger partial charge < -0.3 is 10.1 Å². The molecule has 1 N–H and O–H groups in total. The highest BCUT2D eigenvalue weighted by atomic mass is 16.5. The van der Waals surface area contributed by atoms with E-state index in [4.69, 9.17) is 4.74 Å². The van der Waals surface area contributed by atoms with Gasteiger partial charge >= 0.3 is 0 Å². The average Bonchev–Trinajstić information content (AvgIpc) is 2.50. The van der Waals surface area contributed by atoms with E-state index in [9.17, 15) is 0 Å². The Kier molecular flexibility index (Phi) is 6.34. The molecule has 0 spiro atoms. The highest BCUT2D eigenvalue weighted by Crippen LogP contribution is 2.22. The van der Waals surface area contributed by atoms with Crippen molar-refractivity contribution in [2.75, 3.05) is 26.7 Å². The first-order valence-corrected chi connectivity index (χ1v) is 7.92. The van der Waals surface area contributed by atoms with Gasteiger partial charge in [-0.2, -0.15) is 0 Å². The van der Waals surface area contributed by atoms with Gasteiger partial charge in [-0.3, -0.25) is 4.90 Å². The van der Waals surface area contributed by atoms with Crippen LogP contribution in [0.5, 0.6) is 5.75 Å². The van der Waals surface area contributed by atoms with Crippen LogP contribution in [0.1, 0.15) is 43.7 Å². The van der Waals surface area contributed by atoms with Crippen molar-refractivity contribution < 1.29 is 4.74 Å². The van der Waals surface area contributed by atoms with E-state index < -0.39 is 0 Å². The zero-order valence-electron chi connectivity index (χ0n) is 13.0. The molecule has 0 atom stereocenters. The minimum absolute atomic E-state index is 0.890. The lowest BCUT2D eigenvalue weighted by molar-refractivity contribution is 0.220. The predicted molar refractivity (Wildman–Crippen MR) is 84.1 cm³/mol. The number of nitrogens with zero attached hydrogens (tertiary/aromatic N) is 1. The van der Waals surface area contributed by atoms with E-state index in [-0.39, 0.29) is 0 Å². The maximum Gasteiger partial charge on any atom is 0.123 e. The van der Waals surface area contributed by atoms with Crippen LogP contribution in [0.25, 0.3) is 0 Å². The SMILES string of the molecule is CCCNCc1ccc(CN2CCCCC2)cc1OC. The standard InChI is InChI=1S/C17H28N2O/c1-3-9-18-13-16-8-7-15(12-17(16)20-2)14-19-10-5-4-6-11-19/h7-8,12,18H,3-6,9-11,13-14H2,1-2H3. The molecule has 0 bridgehead atoms. The van der Waals surface area contributed by atoms with Gasteiger partial charge in [-0.25, -0.2) is 0 Å². The molecular weight excluding hydrogens is 248 g/mol. The zero-order valence-corrected chi connectivity index (χ0v) is 13.0. The van der Waals surface area contributed by atoms with Gasteiger partial charge in [-0.05, 0) is 50.5 Å². The average molecular weight is 276 g/mol. The molecule has 1 fully saturated rings. The molecule has 0 aliphatic carbocycles. The highest BCUT2D eigenvalue weighted by Gasteiger charge is 2.11. The summed E-state index contributed by atoms with van der Waals surface area (Å²) in [5.41, 5.74) is 2.62. The van der Waals surface area contributed by atoms with Gasteiger partial charge in [0.05, 0.1) is 7.11 Å². The molecule has 3 heteroatoms. The van der Waals surface area contributed by atoms with E-state index in [2.05, 4.69) is 35.3 Å². The van der Waals surface area contributed by atoms with Crippen molar-refractivity contribution in [1.29, 1.82) is 0 Å². The predicted octanol–water partition coefficient (Wildman–Crippen LogP) is 3.18. The van der Waals surface area contributed by atoms with E-state index >= 15 is 0 Å². The first-order valence-electron chi connectivity index (χ1n) is 7.92. The lowest BCUT2D eigenvalue weighted by Crippen LogP contribution is -2.29. The summed E-state index contributed by atoms with van der Waals surface area (Å²) in [6.07, 6.45) is 5.24. The van der Waals surface area contributed by atoms with Crippen molar-refractivity contribution in [2.45, 2.75) is 45.7 Å². The molecule has 1 aromatic rings. The Bertz CT molecular complexity index is 400. The van der Waals surface area contributed by atoms with Crippen LogP contribution in [0.15, 0.2) is 18.2 Å². The first kappa shape index (κ1) is 15.3. The van der Waals surface area contributed by atoms with Gasteiger partial charge in [0.2, 0.25) is 0 Å². The number of likely N-dealkylation sites (tertiary alicyclic amines) is 1. The lowest BCUT2D eigenvalue weighted by atomic mass is 10.1. The minimum Gasteiger partial charge on any atom is -0.496 e. The third-order valence-corrected chi connectivity index (χ3v) is 3.95. The molecule has 0 amide bonds. The maximum absolute atomic E-state index is 5.55. The summed E-state index contributed by atoms with van der Waals surface area (Å²) in [6, 6.07) is 6.67. The molecule has 1 aliphatic heterocycles.